The Bertz CT molecular complexity index is 361. The van der Waals surface area contributed by atoms with Crippen LogP contribution in [0.15, 0.2) is 0 Å². The molecule has 0 aliphatic carbocycles. The van der Waals surface area contributed by atoms with Crippen LogP contribution in [0.4, 0.5) is 0 Å². The van der Waals surface area contributed by atoms with E-state index in [4.69, 9.17) is 9.47 Å². The highest BCUT2D eigenvalue weighted by Gasteiger charge is 2.43. The molecule has 1 unspecified atom stereocenters. The maximum Gasteiger partial charge on any atom is 0.239 e. The SMILES string of the molecule is CC(C(=O)N1CCCCCC1)N1CCCC2(C1)OCCO2. The van der Waals surface area contributed by atoms with Crippen LogP contribution in [0.2, 0.25) is 0 Å². The van der Waals surface area contributed by atoms with Gasteiger partial charge in [0.2, 0.25) is 5.91 Å². The Morgan fingerprint density at radius 3 is 2.33 bits per heavy atom. The summed E-state index contributed by atoms with van der Waals surface area (Å²) in [6, 6.07) is -0.0620. The monoisotopic (exact) mass is 296 g/mol. The second-order valence-corrected chi connectivity index (χ2v) is 6.60. The lowest BCUT2D eigenvalue weighted by molar-refractivity contribution is -0.194. The molecule has 3 heterocycles. The molecule has 1 amide bonds. The second kappa shape index (κ2) is 6.63. The summed E-state index contributed by atoms with van der Waals surface area (Å²) in [7, 11) is 0. The van der Waals surface area contributed by atoms with Gasteiger partial charge in [0.25, 0.3) is 0 Å². The van der Waals surface area contributed by atoms with Crippen LogP contribution in [0, 0.1) is 0 Å². The number of hydrogen-bond acceptors (Lipinski definition) is 4. The summed E-state index contributed by atoms with van der Waals surface area (Å²) in [6.07, 6.45) is 6.80. The van der Waals surface area contributed by atoms with Gasteiger partial charge in [0, 0.05) is 19.5 Å². The van der Waals surface area contributed by atoms with E-state index < -0.39 is 5.79 Å². The molecule has 3 saturated heterocycles. The zero-order valence-corrected chi connectivity index (χ0v) is 13.2. The number of carbonyl (C=O) groups excluding carboxylic acids is 1. The maximum absolute atomic E-state index is 12.8. The van der Waals surface area contributed by atoms with E-state index in [9.17, 15) is 4.79 Å². The van der Waals surface area contributed by atoms with Crippen LogP contribution in [-0.4, -0.2) is 66.9 Å². The third kappa shape index (κ3) is 3.41. The van der Waals surface area contributed by atoms with E-state index in [2.05, 4.69) is 9.80 Å². The minimum absolute atomic E-state index is 0.0620. The van der Waals surface area contributed by atoms with Gasteiger partial charge in [-0.05, 0) is 32.7 Å². The van der Waals surface area contributed by atoms with E-state index in [0.29, 0.717) is 13.2 Å². The molecule has 1 atom stereocenters. The van der Waals surface area contributed by atoms with Crippen LogP contribution < -0.4 is 0 Å². The van der Waals surface area contributed by atoms with Gasteiger partial charge >= 0.3 is 0 Å². The molecule has 3 rings (SSSR count). The molecule has 3 fully saturated rings. The van der Waals surface area contributed by atoms with E-state index in [1.54, 1.807) is 0 Å². The number of piperidine rings is 1. The number of rotatable bonds is 2. The molecule has 0 radical (unpaired) electrons. The molecule has 0 aromatic rings. The molecule has 21 heavy (non-hydrogen) atoms. The summed E-state index contributed by atoms with van der Waals surface area (Å²) in [6.45, 7) is 6.96. The Morgan fingerprint density at radius 1 is 1.00 bits per heavy atom. The molecular formula is C16H28N2O3. The maximum atomic E-state index is 12.8. The van der Waals surface area contributed by atoms with E-state index in [1.165, 1.54) is 12.8 Å². The third-order valence-corrected chi connectivity index (χ3v) is 5.08. The molecule has 0 saturated carbocycles. The number of carbonyl (C=O) groups is 1. The lowest BCUT2D eigenvalue weighted by Gasteiger charge is -2.41. The van der Waals surface area contributed by atoms with Gasteiger partial charge < -0.3 is 14.4 Å². The molecule has 0 N–H and O–H groups in total. The van der Waals surface area contributed by atoms with Gasteiger partial charge in [-0.2, -0.15) is 0 Å². The molecule has 3 aliphatic heterocycles. The lowest BCUT2D eigenvalue weighted by atomic mass is 10.0. The first kappa shape index (κ1) is 15.3. The fraction of sp³-hybridized carbons (Fsp3) is 0.938. The highest BCUT2D eigenvalue weighted by molar-refractivity contribution is 5.81. The van der Waals surface area contributed by atoms with Gasteiger partial charge in [-0.25, -0.2) is 0 Å². The van der Waals surface area contributed by atoms with E-state index in [1.807, 2.05) is 6.92 Å². The second-order valence-electron chi connectivity index (χ2n) is 6.60. The minimum atomic E-state index is -0.439. The van der Waals surface area contributed by atoms with Gasteiger partial charge in [0.05, 0.1) is 25.8 Å². The topological polar surface area (TPSA) is 42.0 Å². The van der Waals surface area contributed by atoms with E-state index in [-0.39, 0.29) is 11.9 Å². The third-order valence-electron chi connectivity index (χ3n) is 5.08. The van der Waals surface area contributed by atoms with Crippen LogP contribution in [0.5, 0.6) is 0 Å². The van der Waals surface area contributed by atoms with E-state index >= 15 is 0 Å². The van der Waals surface area contributed by atoms with Crippen molar-refractivity contribution in [2.24, 2.45) is 0 Å². The Balaban J connectivity index is 1.60. The lowest BCUT2D eigenvalue weighted by Crippen LogP contribution is -2.56. The molecule has 3 aliphatic rings. The first-order chi connectivity index (χ1) is 10.2. The molecule has 0 aromatic carbocycles. The average molecular weight is 296 g/mol. The minimum Gasteiger partial charge on any atom is -0.346 e. The van der Waals surface area contributed by atoms with Gasteiger partial charge in [0.15, 0.2) is 5.79 Å². The van der Waals surface area contributed by atoms with Gasteiger partial charge in [-0.15, -0.1) is 0 Å². The largest absolute Gasteiger partial charge is 0.346 e. The fourth-order valence-corrected chi connectivity index (χ4v) is 3.79. The molecule has 5 nitrogen and oxygen atoms in total. The van der Waals surface area contributed by atoms with Crippen LogP contribution >= 0.6 is 0 Å². The molecule has 0 aromatic heterocycles. The van der Waals surface area contributed by atoms with Crippen molar-refractivity contribution < 1.29 is 14.3 Å². The number of likely N-dealkylation sites (tertiary alicyclic amines) is 2. The smallest absolute Gasteiger partial charge is 0.239 e. The summed E-state index contributed by atoms with van der Waals surface area (Å²) >= 11 is 0. The number of ether oxygens (including phenoxy) is 2. The van der Waals surface area contributed by atoms with Crippen molar-refractivity contribution >= 4 is 5.91 Å². The van der Waals surface area contributed by atoms with Gasteiger partial charge in [-0.3, -0.25) is 9.69 Å². The standard InChI is InChI=1S/C16H28N2O3/c1-14(15(19)17-8-4-2-3-5-9-17)18-10-6-7-16(13-18)20-11-12-21-16/h14H,2-13H2,1H3. The molecule has 120 valence electrons. The molecule has 5 heteroatoms. The first-order valence-electron chi connectivity index (χ1n) is 8.51. The first-order valence-corrected chi connectivity index (χ1v) is 8.51. The zero-order valence-electron chi connectivity index (χ0n) is 13.2. The fourth-order valence-electron chi connectivity index (χ4n) is 3.79. The molecule has 1 spiro atoms. The average Bonchev–Trinajstić information content (AvgIpc) is 2.79. The number of amides is 1. The summed E-state index contributed by atoms with van der Waals surface area (Å²) in [4.78, 5) is 17.1. The van der Waals surface area contributed by atoms with Crippen molar-refractivity contribution in [2.45, 2.75) is 57.3 Å². The summed E-state index contributed by atoms with van der Waals surface area (Å²) in [5, 5.41) is 0. The Hall–Kier alpha value is -0.650. The Morgan fingerprint density at radius 2 is 1.67 bits per heavy atom. The summed E-state index contributed by atoms with van der Waals surface area (Å²) < 4.78 is 11.6. The van der Waals surface area contributed by atoms with Crippen molar-refractivity contribution in [1.29, 1.82) is 0 Å². The highest BCUT2D eigenvalue weighted by Crippen LogP contribution is 2.31. The van der Waals surface area contributed by atoms with Crippen molar-refractivity contribution in [3.63, 3.8) is 0 Å². The zero-order chi connectivity index (χ0) is 14.7. The van der Waals surface area contributed by atoms with Crippen LogP contribution in [0.1, 0.15) is 45.4 Å². The van der Waals surface area contributed by atoms with Gasteiger partial charge in [-0.1, -0.05) is 12.8 Å². The van der Waals surface area contributed by atoms with Crippen molar-refractivity contribution in [3.05, 3.63) is 0 Å². The van der Waals surface area contributed by atoms with Crippen LogP contribution in [0.25, 0.3) is 0 Å². The summed E-state index contributed by atoms with van der Waals surface area (Å²) in [5.74, 6) is -0.155. The number of nitrogens with zero attached hydrogens (tertiary/aromatic N) is 2. The summed E-state index contributed by atoms with van der Waals surface area (Å²) in [5.41, 5.74) is 0. The van der Waals surface area contributed by atoms with E-state index in [0.717, 1.165) is 51.9 Å². The molecular weight excluding hydrogens is 268 g/mol. The quantitative estimate of drug-likeness (QED) is 0.776. The van der Waals surface area contributed by atoms with Crippen molar-refractivity contribution in [1.82, 2.24) is 9.80 Å². The van der Waals surface area contributed by atoms with Crippen molar-refractivity contribution in [2.75, 3.05) is 39.4 Å². The number of hydrogen-bond donors (Lipinski definition) is 0. The predicted octanol–water partition coefficient (Wildman–Crippen LogP) is 1.62. The Labute approximate surface area is 127 Å². The highest BCUT2D eigenvalue weighted by atomic mass is 16.7. The normalized spacial score (nSPS) is 28.5. The van der Waals surface area contributed by atoms with Crippen molar-refractivity contribution in [3.8, 4) is 0 Å². The Kier molecular flexibility index (Phi) is 4.82. The molecule has 0 bridgehead atoms. The van der Waals surface area contributed by atoms with Crippen LogP contribution in [0.3, 0.4) is 0 Å². The van der Waals surface area contributed by atoms with Gasteiger partial charge in [0.1, 0.15) is 0 Å². The van der Waals surface area contributed by atoms with Crippen LogP contribution in [-0.2, 0) is 14.3 Å². The predicted molar refractivity (Wildman–Crippen MR) is 80.0 cm³/mol.